The normalized spacial score (nSPS) is 18.5. The summed E-state index contributed by atoms with van der Waals surface area (Å²) >= 11 is 0. The molecule has 1 fully saturated rings. The van der Waals surface area contributed by atoms with E-state index in [-0.39, 0.29) is 11.9 Å². The van der Waals surface area contributed by atoms with Crippen molar-refractivity contribution in [3.8, 4) is 6.01 Å². The first kappa shape index (κ1) is 21.0. The van der Waals surface area contributed by atoms with E-state index in [0.29, 0.717) is 39.9 Å². The molecule has 0 unspecified atom stereocenters. The van der Waals surface area contributed by atoms with Gasteiger partial charge in [0, 0.05) is 54.8 Å². The zero-order valence-electron chi connectivity index (χ0n) is 18.7. The third-order valence-corrected chi connectivity index (χ3v) is 5.78. The molecule has 9 heteroatoms. The van der Waals surface area contributed by atoms with Crippen molar-refractivity contribution >= 4 is 39.2 Å². The van der Waals surface area contributed by atoms with Gasteiger partial charge in [0.05, 0.1) is 29.4 Å². The third kappa shape index (κ3) is 4.03. The van der Waals surface area contributed by atoms with Crippen LogP contribution in [0, 0.1) is 0 Å². The molecule has 2 atom stereocenters. The van der Waals surface area contributed by atoms with Crippen LogP contribution in [0.5, 0.6) is 6.01 Å². The Morgan fingerprint density at radius 2 is 1.85 bits per heavy atom. The fraction of sp³-hybridized carbons (Fsp3) is 0.292. The Balaban J connectivity index is 1.57. The maximum atomic E-state index is 13.4. The van der Waals surface area contributed by atoms with Crippen LogP contribution < -0.4 is 20.3 Å². The molecule has 5 rings (SSSR count). The number of amides is 1. The quantitative estimate of drug-likeness (QED) is 0.496. The summed E-state index contributed by atoms with van der Waals surface area (Å²) in [5, 5.41) is 7.33. The number of methoxy groups -OCH3 is 1. The number of fused-ring (bicyclic) bond motifs is 2. The van der Waals surface area contributed by atoms with Crippen LogP contribution in [0.3, 0.4) is 0 Å². The first-order valence-corrected chi connectivity index (χ1v) is 10.9. The number of carbonyl (C=O) groups excluding carboxylic acids is 1. The van der Waals surface area contributed by atoms with Gasteiger partial charge in [0.2, 0.25) is 0 Å². The molecule has 0 radical (unpaired) electrons. The fourth-order valence-electron chi connectivity index (χ4n) is 4.45. The minimum Gasteiger partial charge on any atom is -0.467 e. The van der Waals surface area contributed by atoms with Gasteiger partial charge < -0.3 is 20.3 Å². The van der Waals surface area contributed by atoms with E-state index in [1.54, 1.807) is 18.6 Å². The number of nitrogens with one attached hydrogen (secondary N) is 2. The zero-order chi connectivity index (χ0) is 22.9. The number of carbonyl (C=O) groups is 1. The van der Waals surface area contributed by atoms with Crippen molar-refractivity contribution in [3.05, 3.63) is 54.5 Å². The van der Waals surface area contributed by atoms with Gasteiger partial charge in [-0.1, -0.05) is 6.07 Å². The number of piperazine rings is 1. The highest BCUT2D eigenvalue weighted by Crippen LogP contribution is 2.31. The largest absolute Gasteiger partial charge is 0.467 e. The lowest BCUT2D eigenvalue weighted by Crippen LogP contribution is -2.54. The van der Waals surface area contributed by atoms with E-state index in [0.717, 1.165) is 24.2 Å². The molecule has 33 heavy (non-hydrogen) atoms. The summed E-state index contributed by atoms with van der Waals surface area (Å²) in [5.74, 6) is -0.285. The molecule has 2 aromatic carbocycles. The van der Waals surface area contributed by atoms with E-state index in [9.17, 15) is 4.79 Å². The summed E-state index contributed by atoms with van der Waals surface area (Å²) in [7, 11) is 1.51. The van der Waals surface area contributed by atoms with E-state index in [1.807, 2.05) is 30.3 Å². The maximum Gasteiger partial charge on any atom is 0.316 e. The molecule has 168 valence electrons. The highest BCUT2D eigenvalue weighted by Gasteiger charge is 2.24. The van der Waals surface area contributed by atoms with Gasteiger partial charge in [0.15, 0.2) is 0 Å². The molecular formula is C24H25N7O2. The average molecular weight is 444 g/mol. The molecule has 1 amide bonds. The predicted molar refractivity (Wildman–Crippen MR) is 128 cm³/mol. The first-order valence-electron chi connectivity index (χ1n) is 10.9. The van der Waals surface area contributed by atoms with Crippen LogP contribution >= 0.6 is 0 Å². The van der Waals surface area contributed by atoms with Crippen LogP contribution in [0.2, 0.25) is 0 Å². The molecule has 1 saturated heterocycles. The Bertz CT molecular complexity index is 1330. The number of aromatic nitrogens is 4. The molecule has 0 bridgehead atoms. The highest BCUT2D eigenvalue weighted by atomic mass is 16.5. The standard InChI is InChI=1S/C24H25N7O2/c1-14-12-31(13-15(2)28-14)20-8-7-16(21-17(20)11-27-24(30-21)33-3)23(32)29-19-6-4-5-18-22(19)26-10-9-25-18/h4-11,14-15,28H,12-13H2,1-3H3,(H,29,32)/t14-,15-/m1/s1. The van der Waals surface area contributed by atoms with Crippen LogP contribution in [0.15, 0.2) is 48.9 Å². The lowest BCUT2D eigenvalue weighted by atomic mass is 10.0. The van der Waals surface area contributed by atoms with Crippen molar-refractivity contribution in [1.29, 1.82) is 0 Å². The van der Waals surface area contributed by atoms with E-state index in [4.69, 9.17) is 4.74 Å². The number of benzene rings is 2. The molecule has 3 heterocycles. The number of anilines is 2. The topological polar surface area (TPSA) is 105 Å². The van der Waals surface area contributed by atoms with E-state index >= 15 is 0 Å². The number of hydrogen-bond acceptors (Lipinski definition) is 8. The molecule has 2 N–H and O–H groups in total. The molecule has 0 aliphatic carbocycles. The average Bonchev–Trinajstić information content (AvgIpc) is 2.82. The monoisotopic (exact) mass is 443 g/mol. The molecule has 0 saturated carbocycles. The van der Waals surface area contributed by atoms with Crippen LogP contribution in [-0.4, -0.2) is 58.1 Å². The van der Waals surface area contributed by atoms with Crippen LogP contribution in [0.25, 0.3) is 21.9 Å². The smallest absolute Gasteiger partial charge is 0.316 e. The van der Waals surface area contributed by atoms with Crippen molar-refractivity contribution in [2.75, 3.05) is 30.4 Å². The molecular weight excluding hydrogens is 418 g/mol. The molecule has 2 aromatic heterocycles. The molecule has 4 aromatic rings. The summed E-state index contributed by atoms with van der Waals surface area (Å²) < 4.78 is 5.26. The van der Waals surface area contributed by atoms with E-state index in [1.165, 1.54) is 7.11 Å². The minimum absolute atomic E-state index is 0.215. The lowest BCUT2D eigenvalue weighted by molar-refractivity contribution is 0.102. The number of rotatable bonds is 4. The maximum absolute atomic E-state index is 13.4. The Labute approximate surface area is 191 Å². The van der Waals surface area contributed by atoms with Crippen molar-refractivity contribution in [1.82, 2.24) is 25.3 Å². The zero-order valence-corrected chi connectivity index (χ0v) is 18.7. The first-order chi connectivity index (χ1) is 16.0. The Kier molecular flexibility index (Phi) is 5.47. The van der Waals surface area contributed by atoms with Gasteiger partial charge in [-0.2, -0.15) is 4.98 Å². The van der Waals surface area contributed by atoms with Gasteiger partial charge in [-0.25, -0.2) is 4.98 Å². The minimum atomic E-state index is -0.285. The van der Waals surface area contributed by atoms with E-state index in [2.05, 4.69) is 49.3 Å². The van der Waals surface area contributed by atoms with Crippen molar-refractivity contribution in [2.24, 2.45) is 0 Å². The highest BCUT2D eigenvalue weighted by molar-refractivity contribution is 6.15. The fourth-order valence-corrected chi connectivity index (χ4v) is 4.45. The Morgan fingerprint density at radius 3 is 2.64 bits per heavy atom. The second kappa shape index (κ2) is 8.59. The number of ether oxygens (including phenoxy) is 1. The molecule has 1 aliphatic rings. The summed E-state index contributed by atoms with van der Waals surface area (Å²) in [5.41, 5.74) is 3.91. The van der Waals surface area contributed by atoms with E-state index < -0.39 is 0 Å². The molecule has 9 nitrogen and oxygen atoms in total. The number of nitrogens with zero attached hydrogens (tertiary/aromatic N) is 5. The number of para-hydroxylation sites is 1. The van der Waals surface area contributed by atoms with Gasteiger partial charge in [-0.15, -0.1) is 0 Å². The number of hydrogen-bond donors (Lipinski definition) is 2. The summed E-state index contributed by atoms with van der Waals surface area (Å²) in [6.45, 7) is 6.04. The second-order valence-electron chi connectivity index (χ2n) is 8.31. The van der Waals surface area contributed by atoms with Crippen molar-refractivity contribution < 1.29 is 9.53 Å². The lowest BCUT2D eigenvalue weighted by Gasteiger charge is -2.38. The van der Waals surface area contributed by atoms with Crippen molar-refractivity contribution in [2.45, 2.75) is 25.9 Å². The third-order valence-electron chi connectivity index (χ3n) is 5.78. The molecule has 1 aliphatic heterocycles. The van der Waals surface area contributed by atoms with Crippen LogP contribution in [-0.2, 0) is 0 Å². The van der Waals surface area contributed by atoms with Gasteiger partial charge in [0.25, 0.3) is 5.91 Å². The van der Waals surface area contributed by atoms with Crippen molar-refractivity contribution in [3.63, 3.8) is 0 Å². The second-order valence-corrected chi connectivity index (χ2v) is 8.31. The Hall–Kier alpha value is -3.85. The Morgan fingerprint density at radius 1 is 1.06 bits per heavy atom. The van der Waals surface area contributed by atoms with Crippen LogP contribution in [0.4, 0.5) is 11.4 Å². The van der Waals surface area contributed by atoms with Crippen LogP contribution in [0.1, 0.15) is 24.2 Å². The van der Waals surface area contributed by atoms with Gasteiger partial charge in [-0.05, 0) is 38.1 Å². The predicted octanol–water partition coefficient (Wildman–Crippen LogP) is 3.02. The summed E-state index contributed by atoms with van der Waals surface area (Å²) in [4.78, 5) is 33.2. The van der Waals surface area contributed by atoms with Gasteiger partial charge in [0.1, 0.15) is 5.52 Å². The summed E-state index contributed by atoms with van der Waals surface area (Å²) in [6.07, 6.45) is 4.96. The summed E-state index contributed by atoms with van der Waals surface area (Å²) in [6, 6.07) is 10.2. The van der Waals surface area contributed by atoms with Gasteiger partial charge >= 0.3 is 6.01 Å². The molecule has 0 spiro atoms. The SMILES string of the molecule is COc1ncc2c(N3C[C@@H](C)N[C@H](C)C3)ccc(C(=O)Nc3cccc4nccnc34)c2n1. The van der Waals surface area contributed by atoms with Gasteiger partial charge in [-0.3, -0.25) is 14.8 Å².